The zero-order chi connectivity index (χ0) is 14.0. The molecule has 2 heterocycles. The molecule has 0 aromatic carbocycles. The van der Waals surface area contributed by atoms with E-state index in [2.05, 4.69) is 14.9 Å². The quantitative estimate of drug-likeness (QED) is 0.867. The van der Waals surface area contributed by atoms with Crippen LogP contribution in [0.2, 0.25) is 0 Å². The number of nitrogens with two attached hydrogens (primary N) is 1. The first-order chi connectivity index (χ1) is 9.02. The van der Waals surface area contributed by atoms with Crippen LogP contribution in [0.1, 0.15) is 22.7 Å². The average Bonchev–Trinajstić information content (AvgIpc) is 2.62. The van der Waals surface area contributed by atoms with Gasteiger partial charge in [-0.1, -0.05) is 0 Å². The minimum atomic E-state index is -0.0333. The molecule has 0 saturated carbocycles. The van der Waals surface area contributed by atoms with Gasteiger partial charge in [0.2, 0.25) is 0 Å². The van der Waals surface area contributed by atoms with Crippen molar-refractivity contribution in [3.05, 3.63) is 26.6 Å². The Hall–Kier alpha value is -1.24. The highest BCUT2D eigenvalue weighted by atomic mass is 32.1. The first-order valence-electron chi connectivity index (χ1n) is 6.40. The maximum absolute atomic E-state index is 12.1. The van der Waals surface area contributed by atoms with Gasteiger partial charge >= 0.3 is 0 Å². The normalized spacial score (nSPS) is 11.6. The average molecular weight is 280 g/mol. The molecule has 6 heteroatoms. The van der Waals surface area contributed by atoms with Crippen LogP contribution in [0.15, 0.2) is 4.79 Å². The topological polar surface area (TPSA) is 75.0 Å². The van der Waals surface area contributed by atoms with E-state index in [1.165, 1.54) is 0 Å². The van der Waals surface area contributed by atoms with Crippen LogP contribution >= 0.6 is 11.3 Å². The lowest BCUT2D eigenvalue weighted by Gasteiger charge is -2.14. The highest BCUT2D eigenvalue weighted by Crippen LogP contribution is 2.25. The number of thiophene rings is 1. The van der Waals surface area contributed by atoms with Crippen molar-refractivity contribution < 1.29 is 0 Å². The van der Waals surface area contributed by atoms with E-state index in [4.69, 9.17) is 5.73 Å². The molecule has 0 spiro atoms. The van der Waals surface area contributed by atoms with Gasteiger partial charge in [0.1, 0.15) is 10.7 Å². The molecule has 3 N–H and O–H groups in total. The summed E-state index contributed by atoms with van der Waals surface area (Å²) in [6.07, 6.45) is 0.945. The molecule has 2 rings (SSSR count). The Morgan fingerprint density at radius 3 is 2.84 bits per heavy atom. The molecule has 19 heavy (non-hydrogen) atoms. The number of fused-ring (bicyclic) bond motifs is 1. The van der Waals surface area contributed by atoms with Gasteiger partial charge in [-0.3, -0.25) is 9.69 Å². The van der Waals surface area contributed by atoms with Crippen molar-refractivity contribution in [3.63, 3.8) is 0 Å². The molecule has 2 aromatic rings. The second kappa shape index (κ2) is 5.81. The number of nitrogens with one attached hydrogen (secondary N) is 1. The highest BCUT2D eigenvalue weighted by Gasteiger charge is 2.12. The third-order valence-corrected chi connectivity index (χ3v) is 4.35. The van der Waals surface area contributed by atoms with Crippen LogP contribution in [0.5, 0.6) is 0 Å². The monoisotopic (exact) mass is 280 g/mol. The molecule has 0 amide bonds. The lowest BCUT2D eigenvalue weighted by Crippen LogP contribution is -2.24. The summed E-state index contributed by atoms with van der Waals surface area (Å²) >= 11 is 1.58. The second-order valence-electron chi connectivity index (χ2n) is 4.86. The summed E-state index contributed by atoms with van der Waals surface area (Å²) in [5.41, 5.74) is 6.50. The van der Waals surface area contributed by atoms with Crippen LogP contribution in [-0.2, 0) is 6.54 Å². The van der Waals surface area contributed by atoms with Crippen LogP contribution in [0.3, 0.4) is 0 Å². The smallest absolute Gasteiger partial charge is 0.259 e. The van der Waals surface area contributed by atoms with E-state index in [1.807, 2.05) is 20.9 Å². The number of aromatic nitrogens is 2. The third kappa shape index (κ3) is 3.02. The van der Waals surface area contributed by atoms with Gasteiger partial charge in [-0.15, -0.1) is 11.3 Å². The van der Waals surface area contributed by atoms with Gasteiger partial charge in [0.05, 0.1) is 11.9 Å². The van der Waals surface area contributed by atoms with Crippen molar-refractivity contribution in [2.75, 3.05) is 20.1 Å². The molecule has 5 nitrogen and oxygen atoms in total. The molecule has 0 aliphatic heterocycles. The first-order valence-corrected chi connectivity index (χ1v) is 7.22. The standard InChI is InChI=1S/C13H20N4OS/c1-8-9(2)19-13-11(8)12(18)15-10(16-13)7-17(3)6-4-5-14/h4-7,14H2,1-3H3,(H,15,16,18). The number of rotatable bonds is 5. The summed E-state index contributed by atoms with van der Waals surface area (Å²) in [5.74, 6) is 0.721. The number of hydrogen-bond donors (Lipinski definition) is 2. The summed E-state index contributed by atoms with van der Waals surface area (Å²) < 4.78 is 0. The second-order valence-corrected chi connectivity index (χ2v) is 6.06. The number of H-pyrrole nitrogens is 1. The van der Waals surface area contributed by atoms with Gasteiger partial charge in [-0.05, 0) is 46.0 Å². The van der Waals surface area contributed by atoms with Gasteiger partial charge in [0, 0.05) is 4.88 Å². The van der Waals surface area contributed by atoms with Gasteiger partial charge in [0.15, 0.2) is 0 Å². The van der Waals surface area contributed by atoms with Gasteiger partial charge in [-0.25, -0.2) is 4.98 Å². The molecule has 0 saturated heterocycles. The van der Waals surface area contributed by atoms with Crippen LogP contribution in [0.4, 0.5) is 0 Å². The predicted octanol–water partition coefficient (Wildman–Crippen LogP) is 1.38. The Bertz CT molecular complexity index is 631. The fraction of sp³-hybridized carbons (Fsp3) is 0.538. The Labute approximate surface area is 116 Å². The molecule has 0 bridgehead atoms. The van der Waals surface area contributed by atoms with E-state index in [0.717, 1.165) is 39.4 Å². The van der Waals surface area contributed by atoms with Gasteiger partial charge in [0.25, 0.3) is 5.56 Å². The molecule has 0 radical (unpaired) electrons. The molecular formula is C13H20N4OS. The minimum Gasteiger partial charge on any atom is -0.330 e. The molecule has 0 unspecified atom stereocenters. The lowest BCUT2D eigenvalue weighted by molar-refractivity contribution is 0.316. The fourth-order valence-electron chi connectivity index (χ4n) is 2.07. The fourth-order valence-corrected chi connectivity index (χ4v) is 3.12. The number of hydrogen-bond acceptors (Lipinski definition) is 5. The maximum atomic E-state index is 12.1. The highest BCUT2D eigenvalue weighted by molar-refractivity contribution is 7.18. The first kappa shape index (κ1) is 14.2. The van der Waals surface area contributed by atoms with Crippen molar-refractivity contribution in [1.29, 1.82) is 0 Å². The number of aryl methyl sites for hydroxylation is 2. The van der Waals surface area contributed by atoms with Gasteiger partial charge < -0.3 is 10.7 Å². The number of nitrogens with zero attached hydrogens (tertiary/aromatic N) is 2. The van der Waals surface area contributed by atoms with Crippen molar-refractivity contribution in [2.45, 2.75) is 26.8 Å². The predicted molar refractivity (Wildman–Crippen MR) is 79.7 cm³/mol. The van der Waals surface area contributed by atoms with Crippen molar-refractivity contribution in [2.24, 2.45) is 5.73 Å². The van der Waals surface area contributed by atoms with Crippen molar-refractivity contribution in [3.8, 4) is 0 Å². The summed E-state index contributed by atoms with van der Waals surface area (Å²) in [7, 11) is 2.00. The lowest BCUT2D eigenvalue weighted by atomic mass is 10.2. The summed E-state index contributed by atoms with van der Waals surface area (Å²) in [6, 6.07) is 0. The van der Waals surface area contributed by atoms with Crippen LogP contribution < -0.4 is 11.3 Å². The van der Waals surface area contributed by atoms with Gasteiger partial charge in [-0.2, -0.15) is 0 Å². The van der Waals surface area contributed by atoms with Crippen LogP contribution in [0, 0.1) is 13.8 Å². The Morgan fingerprint density at radius 2 is 2.16 bits per heavy atom. The molecule has 0 atom stereocenters. The molecule has 0 aliphatic carbocycles. The molecule has 104 valence electrons. The Morgan fingerprint density at radius 1 is 1.42 bits per heavy atom. The molecule has 0 fully saturated rings. The van der Waals surface area contributed by atoms with Crippen LogP contribution in [-0.4, -0.2) is 35.0 Å². The minimum absolute atomic E-state index is 0.0333. The maximum Gasteiger partial charge on any atom is 0.259 e. The summed E-state index contributed by atoms with van der Waals surface area (Å²) in [6.45, 7) is 6.21. The Balaban J connectivity index is 2.29. The molecule has 2 aromatic heterocycles. The largest absolute Gasteiger partial charge is 0.330 e. The van der Waals surface area contributed by atoms with E-state index in [1.54, 1.807) is 11.3 Å². The van der Waals surface area contributed by atoms with Crippen molar-refractivity contribution >= 4 is 21.6 Å². The molecule has 0 aliphatic rings. The van der Waals surface area contributed by atoms with E-state index >= 15 is 0 Å². The SMILES string of the molecule is Cc1sc2nc(CN(C)CCCN)[nH]c(=O)c2c1C. The van der Waals surface area contributed by atoms with Crippen LogP contribution in [0.25, 0.3) is 10.2 Å². The van der Waals surface area contributed by atoms with Crippen molar-refractivity contribution in [1.82, 2.24) is 14.9 Å². The molecular weight excluding hydrogens is 260 g/mol. The summed E-state index contributed by atoms with van der Waals surface area (Å²) in [4.78, 5) is 23.6. The van der Waals surface area contributed by atoms with E-state index in [0.29, 0.717) is 13.1 Å². The third-order valence-electron chi connectivity index (χ3n) is 3.25. The van der Waals surface area contributed by atoms with E-state index < -0.39 is 0 Å². The van der Waals surface area contributed by atoms with E-state index in [9.17, 15) is 4.79 Å². The zero-order valence-electron chi connectivity index (χ0n) is 11.6. The van der Waals surface area contributed by atoms with E-state index in [-0.39, 0.29) is 5.56 Å². The number of aromatic amines is 1. The summed E-state index contributed by atoms with van der Waals surface area (Å²) in [5, 5.41) is 0.732. The Kier molecular flexibility index (Phi) is 4.34. The zero-order valence-corrected chi connectivity index (χ0v) is 12.4.